The Labute approximate surface area is 335 Å². The Hall–Kier alpha value is -5.24. The Morgan fingerprint density at radius 1 is 0.842 bits per heavy atom. The SMILES string of the molecule is CCOCCOCCNC(=O)[C@H](CCC(=O)OC(C)(C)C)NC(=O)CCn1c(CN(C)N(C)C(=O)OCC2c3ccccc3-c3ccccc32)cc2ccccc21. The number of benzene rings is 3. The molecule has 13 nitrogen and oxygen atoms in total. The third kappa shape index (κ3) is 11.9. The maximum Gasteiger partial charge on any atom is 0.424 e. The van der Waals surface area contributed by atoms with E-state index in [1.165, 1.54) is 5.01 Å². The topological polar surface area (TPSA) is 141 Å². The molecule has 306 valence electrons. The number of amides is 3. The zero-order valence-electron chi connectivity index (χ0n) is 34.0. The van der Waals surface area contributed by atoms with Crippen LogP contribution in [0.5, 0.6) is 0 Å². The molecule has 1 aromatic heterocycles. The highest BCUT2D eigenvalue weighted by Gasteiger charge is 2.30. The molecule has 0 fully saturated rings. The summed E-state index contributed by atoms with van der Waals surface area (Å²) < 4.78 is 24.2. The minimum absolute atomic E-state index is 0.0452. The van der Waals surface area contributed by atoms with Crippen molar-refractivity contribution in [1.29, 1.82) is 0 Å². The molecule has 1 aliphatic rings. The minimum Gasteiger partial charge on any atom is -0.460 e. The summed E-state index contributed by atoms with van der Waals surface area (Å²) >= 11 is 0. The Kier molecular flexibility index (Phi) is 15.2. The Balaban J connectivity index is 1.20. The molecule has 1 atom stereocenters. The van der Waals surface area contributed by atoms with Crippen molar-refractivity contribution < 1.29 is 38.1 Å². The molecule has 57 heavy (non-hydrogen) atoms. The maximum absolute atomic E-state index is 13.5. The summed E-state index contributed by atoms with van der Waals surface area (Å²) in [5, 5.41) is 9.87. The van der Waals surface area contributed by atoms with Crippen molar-refractivity contribution in [2.45, 2.75) is 77.6 Å². The zero-order valence-corrected chi connectivity index (χ0v) is 34.0. The van der Waals surface area contributed by atoms with Gasteiger partial charge in [-0.15, -0.1) is 0 Å². The van der Waals surface area contributed by atoms with E-state index < -0.39 is 29.6 Å². The van der Waals surface area contributed by atoms with Crippen LogP contribution >= 0.6 is 0 Å². The van der Waals surface area contributed by atoms with E-state index in [4.69, 9.17) is 18.9 Å². The van der Waals surface area contributed by atoms with Crippen molar-refractivity contribution in [3.63, 3.8) is 0 Å². The fourth-order valence-electron chi connectivity index (χ4n) is 6.97. The van der Waals surface area contributed by atoms with Crippen LogP contribution in [0.25, 0.3) is 22.0 Å². The van der Waals surface area contributed by atoms with Crippen molar-refractivity contribution >= 4 is 34.8 Å². The molecule has 0 aliphatic heterocycles. The molecular formula is C44H57N5O8. The highest BCUT2D eigenvalue weighted by Crippen LogP contribution is 2.44. The lowest BCUT2D eigenvalue weighted by molar-refractivity contribution is -0.155. The lowest BCUT2D eigenvalue weighted by Gasteiger charge is -2.28. The molecule has 3 amide bonds. The van der Waals surface area contributed by atoms with Crippen LogP contribution in [0, 0.1) is 0 Å². The van der Waals surface area contributed by atoms with Crippen LogP contribution in [0.4, 0.5) is 4.79 Å². The predicted octanol–water partition coefficient (Wildman–Crippen LogP) is 6.04. The van der Waals surface area contributed by atoms with Crippen LogP contribution in [0.3, 0.4) is 0 Å². The van der Waals surface area contributed by atoms with Gasteiger partial charge in [0, 0.05) is 63.8 Å². The highest BCUT2D eigenvalue weighted by molar-refractivity contribution is 5.88. The average Bonchev–Trinajstić information content (AvgIpc) is 3.70. The fourth-order valence-corrected chi connectivity index (χ4v) is 6.97. The van der Waals surface area contributed by atoms with Crippen LogP contribution in [0.15, 0.2) is 78.9 Å². The van der Waals surface area contributed by atoms with E-state index in [9.17, 15) is 19.2 Å². The van der Waals surface area contributed by atoms with Crippen molar-refractivity contribution in [1.82, 2.24) is 25.2 Å². The number of nitrogens with one attached hydrogen (secondary N) is 2. The number of rotatable bonds is 20. The molecule has 0 spiro atoms. The fraction of sp³-hybridized carbons (Fsp3) is 0.455. The van der Waals surface area contributed by atoms with E-state index in [0.717, 1.165) is 38.9 Å². The number of aromatic nitrogens is 1. The first-order valence-electron chi connectivity index (χ1n) is 19.7. The van der Waals surface area contributed by atoms with E-state index in [1.54, 1.807) is 32.8 Å². The summed E-state index contributed by atoms with van der Waals surface area (Å²) in [6, 6.07) is 25.4. The van der Waals surface area contributed by atoms with Gasteiger partial charge in [-0.2, -0.15) is 0 Å². The summed E-state index contributed by atoms with van der Waals surface area (Å²) in [6.07, 6.45) is -0.387. The molecule has 0 saturated carbocycles. The second-order valence-electron chi connectivity index (χ2n) is 15.1. The van der Waals surface area contributed by atoms with Crippen LogP contribution < -0.4 is 10.6 Å². The van der Waals surface area contributed by atoms with Gasteiger partial charge in [0.2, 0.25) is 11.8 Å². The summed E-state index contributed by atoms with van der Waals surface area (Å²) in [5.41, 5.74) is 5.75. The monoisotopic (exact) mass is 783 g/mol. The van der Waals surface area contributed by atoms with Crippen molar-refractivity contribution in [2.75, 3.05) is 53.7 Å². The van der Waals surface area contributed by atoms with Crippen LogP contribution in [0.2, 0.25) is 0 Å². The summed E-state index contributed by atoms with van der Waals surface area (Å²) in [5.74, 6) is -1.27. The number of hydrazine groups is 1. The Morgan fingerprint density at radius 2 is 1.49 bits per heavy atom. The molecule has 5 rings (SSSR count). The molecule has 4 aromatic rings. The molecular weight excluding hydrogens is 727 g/mol. The number of hydrogen-bond acceptors (Lipinski definition) is 9. The van der Waals surface area contributed by atoms with E-state index in [1.807, 2.05) is 73.1 Å². The number of carbonyl (C=O) groups is 4. The molecule has 13 heteroatoms. The molecule has 3 aromatic carbocycles. The quantitative estimate of drug-likeness (QED) is 0.0625. The van der Waals surface area contributed by atoms with E-state index in [2.05, 4.69) is 34.9 Å². The molecule has 2 N–H and O–H groups in total. The van der Waals surface area contributed by atoms with Crippen LogP contribution in [-0.2, 0) is 46.4 Å². The number of para-hydroxylation sites is 1. The van der Waals surface area contributed by atoms with Crippen molar-refractivity contribution in [3.05, 3.63) is 95.7 Å². The normalized spacial score (nSPS) is 12.9. The molecule has 0 bridgehead atoms. The average molecular weight is 784 g/mol. The van der Waals surface area contributed by atoms with Gasteiger partial charge >= 0.3 is 12.1 Å². The largest absolute Gasteiger partial charge is 0.460 e. The van der Waals surface area contributed by atoms with Crippen LogP contribution in [-0.4, -0.2) is 104 Å². The zero-order chi connectivity index (χ0) is 41.0. The van der Waals surface area contributed by atoms with Gasteiger partial charge in [0.25, 0.3) is 0 Å². The van der Waals surface area contributed by atoms with Gasteiger partial charge in [-0.1, -0.05) is 66.7 Å². The number of nitrogens with zero attached hydrogens (tertiary/aromatic N) is 3. The Morgan fingerprint density at radius 3 is 2.18 bits per heavy atom. The minimum atomic E-state index is -0.952. The van der Waals surface area contributed by atoms with Gasteiger partial charge in [-0.3, -0.25) is 14.4 Å². The van der Waals surface area contributed by atoms with Gasteiger partial charge in [0.05, 0.1) is 26.4 Å². The van der Waals surface area contributed by atoms with Gasteiger partial charge in [0.15, 0.2) is 0 Å². The number of esters is 1. The molecule has 0 radical (unpaired) electrons. The molecule has 1 aliphatic carbocycles. The van der Waals surface area contributed by atoms with Crippen LogP contribution in [0.1, 0.15) is 69.7 Å². The van der Waals surface area contributed by atoms with Crippen molar-refractivity contribution in [3.8, 4) is 11.1 Å². The van der Waals surface area contributed by atoms with Gasteiger partial charge in [0.1, 0.15) is 18.2 Å². The number of hydrogen-bond donors (Lipinski definition) is 2. The first kappa shape index (κ1) is 42.9. The van der Waals surface area contributed by atoms with Gasteiger partial charge in [-0.25, -0.2) is 14.8 Å². The number of fused-ring (bicyclic) bond motifs is 4. The third-order valence-corrected chi connectivity index (χ3v) is 9.79. The second kappa shape index (κ2) is 20.3. The smallest absolute Gasteiger partial charge is 0.424 e. The summed E-state index contributed by atoms with van der Waals surface area (Å²) in [4.78, 5) is 52.6. The van der Waals surface area contributed by atoms with E-state index in [-0.39, 0.29) is 50.8 Å². The maximum atomic E-state index is 13.5. The number of ether oxygens (including phenoxy) is 4. The van der Waals surface area contributed by atoms with E-state index in [0.29, 0.717) is 32.9 Å². The summed E-state index contributed by atoms with van der Waals surface area (Å²) in [6.45, 7) is 10.1. The van der Waals surface area contributed by atoms with Gasteiger partial charge < -0.3 is 34.1 Å². The third-order valence-electron chi connectivity index (χ3n) is 9.79. The molecule has 1 heterocycles. The second-order valence-corrected chi connectivity index (χ2v) is 15.1. The highest BCUT2D eigenvalue weighted by atomic mass is 16.6. The van der Waals surface area contributed by atoms with Gasteiger partial charge in [-0.05, 0) is 73.9 Å². The Bertz CT molecular complexity index is 1940. The predicted molar refractivity (Wildman–Crippen MR) is 218 cm³/mol. The first-order chi connectivity index (χ1) is 27.4. The molecule has 0 unspecified atom stereocenters. The lowest BCUT2D eigenvalue weighted by atomic mass is 9.98. The van der Waals surface area contributed by atoms with E-state index >= 15 is 0 Å². The first-order valence-corrected chi connectivity index (χ1v) is 19.7. The standard InChI is InChI=1S/C44H57N5O8/c1-7-54-26-27-55-25-23-45-42(52)38(20-21-41(51)57-44(2,3)4)46-40(50)22-24-49-32(28-31-14-8-13-19-39(31)49)29-47(5)48(6)43(53)56-30-37-35-17-11-9-15-33(35)34-16-10-12-18-36(34)37/h8-19,28,37-38H,7,20-27,29-30H2,1-6H3,(H,45,52)(H,46,50)/t38-/m0/s1. The number of carbonyl (C=O) groups excluding carboxylic acids is 4. The lowest BCUT2D eigenvalue weighted by Crippen LogP contribution is -2.48. The number of aryl methyl sites for hydroxylation is 1. The molecule has 0 saturated heterocycles. The summed E-state index contributed by atoms with van der Waals surface area (Å²) in [7, 11) is 3.49. The van der Waals surface area contributed by atoms with Crippen molar-refractivity contribution in [2.24, 2.45) is 0 Å².